The average molecular weight is 188 g/mol. The molecule has 78 valence electrons. The van der Waals surface area contributed by atoms with Crippen molar-refractivity contribution in [3.8, 4) is 0 Å². The van der Waals surface area contributed by atoms with Gasteiger partial charge < -0.3 is 15.0 Å². The molecule has 4 heteroatoms. The van der Waals surface area contributed by atoms with Crippen LogP contribution in [-0.4, -0.2) is 44.3 Å². The first-order valence-electron chi connectivity index (χ1n) is 4.61. The van der Waals surface area contributed by atoms with Gasteiger partial charge in [0.1, 0.15) is 0 Å². The lowest BCUT2D eigenvalue weighted by atomic mass is 10.4. The van der Waals surface area contributed by atoms with Crippen LogP contribution in [0.25, 0.3) is 0 Å². The number of nitrogens with one attached hydrogen (secondary N) is 1. The van der Waals surface area contributed by atoms with Crippen molar-refractivity contribution in [1.82, 2.24) is 10.2 Å². The quantitative estimate of drug-likeness (QED) is 0.656. The minimum Gasteiger partial charge on any atom is -0.447 e. The Balaban J connectivity index is 3.27. The first-order valence-corrected chi connectivity index (χ1v) is 4.61. The number of hydrogen-bond acceptors (Lipinski definition) is 3. The van der Waals surface area contributed by atoms with Crippen molar-refractivity contribution >= 4 is 6.09 Å². The number of ether oxygens (including phenoxy) is 1. The number of carbonyl (C=O) groups is 1. The molecule has 0 heterocycles. The fraction of sp³-hybridized carbons (Fsp3) is 0.889. The molecule has 0 atom stereocenters. The summed E-state index contributed by atoms with van der Waals surface area (Å²) in [5.74, 6) is 0. The number of amides is 1. The molecule has 0 rings (SSSR count). The van der Waals surface area contributed by atoms with Crippen LogP contribution in [-0.2, 0) is 4.74 Å². The number of hydrogen-bond donors (Lipinski definition) is 1. The summed E-state index contributed by atoms with van der Waals surface area (Å²) in [5.41, 5.74) is 0. The summed E-state index contributed by atoms with van der Waals surface area (Å²) in [6.07, 6.45) is 0.572. The molecule has 0 aromatic carbocycles. The average Bonchev–Trinajstić information content (AvgIpc) is 1.96. The van der Waals surface area contributed by atoms with E-state index in [2.05, 4.69) is 10.2 Å². The van der Waals surface area contributed by atoms with Crippen LogP contribution >= 0.6 is 0 Å². The van der Waals surface area contributed by atoms with Gasteiger partial charge in [-0.1, -0.05) is 0 Å². The van der Waals surface area contributed by atoms with Crippen molar-refractivity contribution in [3.05, 3.63) is 0 Å². The van der Waals surface area contributed by atoms with Crippen LogP contribution in [0.2, 0.25) is 0 Å². The maximum atomic E-state index is 11.0. The van der Waals surface area contributed by atoms with Gasteiger partial charge in [0.05, 0.1) is 6.10 Å². The van der Waals surface area contributed by atoms with Crippen LogP contribution in [0.3, 0.4) is 0 Å². The first-order chi connectivity index (χ1) is 6.02. The smallest absolute Gasteiger partial charge is 0.407 e. The second-order valence-corrected chi connectivity index (χ2v) is 3.54. The summed E-state index contributed by atoms with van der Waals surface area (Å²) in [6.45, 7) is 5.31. The molecule has 0 aliphatic carbocycles. The molecule has 0 saturated carbocycles. The van der Waals surface area contributed by atoms with Crippen molar-refractivity contribution < 1.29 is 9.53 Å². The lowest BCUT2D eigenvalue weighted by Gasteiger charge is -2.11. The van der Waals surface area contributed by atoms with E-state index in [9.17, 15) is 4.79 Å². The molecule has 0 aromatic rings. The zero-order valence-corrected chi connectivity index (χ0v) is 8.96. The molecule has 0 unspecified atom stereocenters. The van der Waals surface area contributed by atoms with Crippen molar-refractivity contribution in [3.63, 3.8) is 0 Å². The van der Waals surface area contributed by atoms with E-state index in [1.807, 2.05) is 27.9 Å². The van der Waals surface area contributed by atoms with Crippen molar-refractivity contribution in [2.45, 2.75) is 26.4 Å². The minimum atomic E-state index is -0.325. The zero-order valence-electron chi connectivity index (χ0n) is 8.96. The Morgan fingerprint density at radius 2 is 2.08 bits per heavy atom. The highest BCUT2D eigenvalue weighted by Gasteiger charge is 2.02. The van der Waals surface area contributed by atoms with E-state index in [4.69, 9.17) is 4.74 Å². The minimum absolute atomic E-state index is 0.0474. The van der Waals surface area contributed by atoms with Gasteiger partial charge in [0.15, 0.2) is 0 Å². The fourth-order valence-electron chi connectivity index (χ4n) is 0.841. The Morgan fingerprint density at radius 3 is 2.54 bits per heavy atom. The predicted octanol–water partition coefficient (Wildman–Crippen LogP) is 1.07. The summed E-state index contributed by atoms with van der Waals surface area (Å²) < 4.78 is 4.89. The van der Waals surface area contributed by atoms with Gasteiger partial charge >= 0.3 is 6.09 Å². The van der Waals surface area contributed by atoms with Crippen LogP contribution in [0.4, 0.5) is 4.79 Å². The van der Waals surface area contributed by atoms with E-state index in [0.717, 1.165) is 13.0 Å². The topological polar surface area (TPSA) is 41.6 Å². The molecular weight excluding hydrogens is 168 g/mol. The molecule has 1 amide bonds. The molecule has 0 spiro atoms. The number of carbonyl (C=O) groups excluding carboxylic acids is 1. The molecule has 0 aliphatic rings. The molecule has 0 aliphatic heterocycles. The second kappa shape index (κ2) is 6.71. The van der Waals surface area contributed by atoms with Crippen LogP contribution in [0.5, 0.6) is 0 Å². The van der Waals surface area contributed by atoms with Crippen LogP contribution in [0, 0.1) is 0 Å². The van der Waals surface area contributed by atoms with Crippen molar-refractivity contribution in [2.24, 2.45) is 0 Å². The highest BCUT2D eigenvalue weighted by atomic mass is 16.6. The van der Waals surface area contributed by atoms with Gasteiger partial charge in [-0.3, -0.25) is 0 Å². The highest BCUT2D eigenvalue weighted by Crippen LogP contribution is 1.88. The monoisotopic (exact) mass is 188 g/mol. The predicted molar refractivity (Wildman–Crippen MR) is 52.8 cm³/mol. The number of alkyl carbamates (subject to hydrolysis) is 1. The lowest BCUT2D eigenvalue weighted by Crippen LogP contribution is -2.29. The molecule has 4 nitrogen and oxygen atoms in total. The molecule has 0 aromatic heterocycles. The SMILES string of the molecule is CC(C)OC(=O)NCCCN(C)C. The summed E-state index contributed by atoms with van der Waals surface area (Å²) >= 11 is 0. The summed E-state index contributed by atoms with van der Waals surface area (Å²) in [4.78, 5) is 13.0. The van der Waals surface area contributed by atoms with Crippen molar-refractivity contribution in [1.29, 1.82) is 0 Å². The summed E-state index contributed by atoms with van der Waals surface area (Å²) in [5, 5.41) is 2.68. The third kappa shape index (κ3) is 9.14. The van der Waals surface area contributed by atoms with Gasteiger partial charge in [-0.05, 0) is 40.9 Å². The van der Waals surface area contributed by atoms with Gasteiger partial charge in [-0.15, -0.1) is 0 Å². The Kier molecular flexibility index (Phi) is 6.32. The molecule has 13 heavy (non-hydrogen) atoms. The molecule has 1 N–H and O–H groups in total. The molecule has 0 saturated heterocycles. The Bertz CT molecular complexity index is 147. The molecule has 0 fully saturated rings. The van der Waals surface area contributed by atoms with E-state index in [-0.39, 0.29) is 12.2 Å². The van der Waals surface area contributed by atoms with E-state index < -0.39 is 0 Å². The Hall–Kier alpha value is -0.770. The first kappa shape index (κ1) is 12.2. The molecule has 0 bridgehead atoms. The van der Waals surface area contributed by atoms with Gasteiger partial charge in [0.2, 0.25) is 0 Å². The normalized spacial score (nSPS) is 10.6. The van der Waals surface area contributed by atoms with E-state index in [1.54, 1.807) is 0 Å². The largest absolute Gasteiger partial charge is 0.447 e. The van der Waals surface area contributed by atoms with Crippen LogP contribution in [0.1, 0.15) is 20.3 Å². The third-order valence-electron chi connectivity index (χ3n) is 1.39. The highest BCUT2D eigenvalue weighted by molar-refractivity contribution is 5.67. The number of nitrogens with zero attached hydrogens (tertiary/aromatic N) is 1. The van der Waals surface area contributed by atoms with Gasteiger partial charge in [0.25, 0.3) is 0 Å². The fourth-order valence-corrected chi connectivity index (χ4v) is 0.841. The second-order valence-electron chi connectivity index (χ2n) is 3.54. The van der Waals surface area contributed by atoms with E-state index in [0.29, 0.717) is 6.54 Å². The number of rotatable bonds is 5. The standard InChI is InChI=1S/C9H20N2O2/c1-8(2)13-9(12)10-6-5-7-11(3)4/h8H,5-7H2,1-4H3,(H,10,12). The Labute approximate surface area is 80.2 Å². The maximum absolute atomic E-state index is 11.0. The van der Waals surface area contributed by atoms with E-state index >= 15 is 0 Å². The third-order valence-corrected chi connectivity index (χ3v) is 1.39. The Morgan fingerprint density at radius 1 is 1.46 bits per heavy atom. The summed E-state index contributed by atoms with van der Waals surface area (Å²) in [6, 6.07) is 0. The van der Waals surface area contributed by atoms with Gasteiger partial charge in [0, 0.05) is 6.54 Å². The lowest BCUT2D eigenvalue weighted by molar-refractivity contribution is 0.115. The van der Waals surface area contributed by atoms with Gasteiger partial charge in [-0.25, -0.2) is 4.79 Å². The van der Waals surface area contributed by atoms with E-state index in [1.165, 1.54) is 0 Å². The van der Waals surface area contributed by atoms with Crippen molar-refractivity contribution in [2.75, 3.05) is 27.2 Å². The summed E-state index contributed by atoms with van der Waals surface area (Å²) in [7, 11) is 4.01. The van der Waals surface area contributed by atoms with Crippen LogP contribution in [0.15, 0.2) is 0 Å². The van der Waals surface area contributed by atoms with Crippen LogP contribution < -0.4 is 5.32 Å². The maximum Gasteiger partial charge on any atom is 0.407 e. The molecular formula is C9H20N2O2. The van der Waals surface area contributed by atoms with Gasteiger partial charge in [-0.2, -0.15) is 0 Å². The molecule has 0 radical (unpaired) electrons. The zero-order chi connectivity index (χ0) is 10.3.